The van der Waals surface area contributed by atoms with E-state index < -0.39 is 6.10 Å². The molecule has 3 fully saturated rings. The van der Waals surface area contributed by atoms with Crippen LogP contribution in [0.2, 0.25) is 0 Å². The number of benzene rings is 1. The van der Waals surface area contributed by atoms with E-state index in [9.17, 15) is 5.11 Å². The van der Waals surface area contributed by atoms with Gasteiger partial charge in [0.2, 0.25) is 0 Å². The van der Waals surface area contributed by atoms with Crippen molar-refractivity contribution in [1.29, 1.82) is 0 Å². The van der Waals surface area contributed by atoms with Gasteiger partial charge in [-0.2, -0.15) is 0 Å². The Labute approximate surface area is 194 Å². The van der Waals surface area contributed by atoms with Crippen LogP contribution in [-0.4, -0.2) is 91.5 Å². The zero-order valence-corrected chi connectivity index (χ0v) is 20.0. The molecule has 6 nitrogen and oxygen atoms in total. The van der Waals surface area contributed by atoms with E-state index in [1.165, 1.54) is 70.0 Å². The van der Waals surface area contributed by atoms with Crippen molar-refractivity contribution in [3.05, 3.63) is 23.8 Å². The summed E-state index contributed by atoms with van der Waals surface area (Å²) in [5, 5.41) is 10.5. The Morgan fingerprint density at radius 3 is 2.44 bits per heavy atom. The highest BCUT2D eigenvalue weighted by molar-refractivity contribution is 5.43. The molecule has 1 N–H and O–H groups in total. The first kappa shape index (κ1) is 23.8. The molecule has 0 radical (unpaired) electrons. The lowest BCUT2D eigenvalue weighted by atomic mass is 10.1. The molecule has 1 unspecified atom stereocenters. The van der Waals surface area contributed by atoms with E-state index in [0.717, 1.165) is 50.3 Å². The van der Waals surface area contributed by atoms with E-state index >= 15 is 0 Å². The van der Waals surface area contributed by atoms with Crippen LogP contribution in [0, 0.1) is 0 Å². The first-order valence-electron chi connectivity index (χ1n) is 12.9. The zero-order chi connectivity index (χ0) is 22.2. The second-order valence-corrected chi connectivity index (χ2v) is 9.92. The van der Waals surface area contributed by atoms with Gasteiger partial charge < -0.3 is 19.5 Å². The normalized spacial score (nSPS) is 23.2. The highest BCUT2D eigenvalue weighted by Crippen LogP contribution is 2.29. The first-order chi connectivity index (χ1) is 15.7. The zero-order valence-electron chi connectivity index (χ0n) is 20.0. The summed E-state index contributed by atoms with van der Waals surface area (Å²) < 4.78 is 11.6. The molecule has 1 saturated carbocycles. The lowest BCUT2D eigenvalue weighted by Gasteiger charge is -2.28. The Morgan fingerprint density at radius 1 is 0.875 bits per heavy atom. The number of methoxy groups -OCH3 is 1. The smallest absolute Gasteiger partial charge is 0.161 e. The molecule has 6 heteroatoms. The van der Waals surface area contributed by atoms with Gasteiger partial charge in [0.1, 0.15) is 12.7 Å². The van der Waals surface area contributed by atoms with Crippen molar-refractivity contribution in [2.75, 3.05) is 59.5 Å². The number of ether oxygens (including phenoxy) is 2. The minimum absolute atomic E-state index is 0.302. The summed E-state index contributed by atoms with van der Waals surface area (Å²) in [6.07, 6.45) is 10.1. The van der Waals surface area contributed by atoms with Crippen molar-refractivity contribution in [3.8, 4) is 11.5 Å². The fourth-order valence-electron chi connectivity index (χ4n) is 5.65. The third-order valence-electron chi connectivity index (χ3n) is 7.45. The number of aliphatic hydroxyl groups is 1. The lowest BCUT2D eigenvalue weighted by Crippen LogP contribution is -2.38. The van der Waals surface area contributed by atoms with Crippen molar-refractivity contribution in [3.63, 3.8) is 0 Å². The molecule has 180 valence electrons. The average Bonchev–Trinajstić information content (AvgIpc) is 3.25. The van der Waals surface area contributed by atoms with E-state index in [1.807, 2.05) is 6.07 Å². The van der Waals surface area contributed by atoms with E-state index in [4.69, 9.17) is 9.47 Å². The van der Waals surface area contributed by atoms with Crippen LogP contribution in [0.1, 0.15) is 56.9 Å². The second kappa shape index (κ2) is 12.2. The molecule has 0 aromatic heterocycles. The number of rotatable bonds is 9. The van der Waals surface area contributed by atoms with Gasteiger partial charge in [-0.1, -0.05) is 25.3 Å². The molecular formula is C26H43N3O3. The standard InChI is InChI=1S/C26H43N3O3/c1-31-25-11-10-22(18-26(25)32-21-24(30)20-27-12-5-2-6-13-27)19-28-14-7-15-29(17-16-28)23-8-3-4-9-23/h10-11,18,23-24,30H,2-9,12-17,19-21H2,1H3. The van der Waals surface area contributed by atoms with Crippen LogP contribution < -0.4 is 9.47 Å². The van der Waals surface area contributed by atoms with Crippen LogP contribution in [0.5, 0.6) is 11.5 Å². The van der Waals surface area contributed by atoms with Crippen LogP contribution in [-0.2, 0) is 6.54 Å². The van der Waals surface area contributed by atoms with E-state index in [1.54, 1.807) is 7.11 Å². The van der Waals surface area contributed by atoms with E-state index in [2.05, 4.69) is 26.8 Å². The lowest BCUT2D eigenvalue weighted by molar-refractivity contribution is 0.0608. The molecule has 2 aliphatic heterocycles. The van der Waals surface area contributed by atoms with E-state index in [-0.39, 0.29) is 0 Å². The van der Waals surface area contributed by atoms with Crippen LogP contribution in [0.15, 0.2) is 18.2 Å². The summed E-state index contributed by atoms with van der Waals surface area (Å²) in [6, 6.07) is 7.08. The van der Waals surface area contributed by atoms with Crippen molar-refractivity contribution in [1.82, 2.24) is 14.7 Å². The molecular weight excluding hydrogens is 402 g/mol. The molecule has 4 rings (SSSR count). The number of piperidine rings is 1. The minimum Gasteiger partial charge on any atom is -0.493 e. The highest BCUT2D eigenvalue weighted by atomic mass is 16.5. The number of likely N-dealkylation sites (tertiary alicyclic amines) is 1. The van der Waals surface area contributed by atoms with Gasteiger partial charge >= 0.3 is 0 Å². The highest BCUT2D eigenvalue weighted by Gasteiger charge is 2.25. The number of hydrogen-bond donors (Lipinski definition) is 1. The molecule has 1 aromatic carbocycles. The largest absolute Gasteiger partial charge is 0.493 e. The van der Waals surface area contributed by atoms with Gasteiger partial charge in [0, 0.05) is 32.2 Å². The van der Waals surface area contributed by atoms with Gasteiger partial charge in [-0.05, 0) is 76.0 Å². The quantitative estimate of drug-likeness (QED) is 0.629. The maximum atomic E-state index is 10.5. The Kier molecular flexibility index (Phi) is 9.09. The number of nitrogens with zero attached hydrogens (tertiary/aromatic N) is 3. The predicted molar refractivity (Wildman–Crippen MR) is 129 cm³/mol. The number of β-amino-alcohol motifs (C(OH)–C–C–N with tert-alkyl or cyclic N) is 1. The summed E-state index contributed by atoms with van der Waals surface area (Å²) >= 11 is 0. The van der Waals surface area contributed by atoms with Crippen molar-refractivity contribution >= 4 is 0 Å². The summed E-state index contributed by atoms with van der Waals surface area (Å²) in [6.45, 7) is 8.82. The van der Waals surface area contributed by atoms with Crippen LogP contribution in [0.25, 0.3) is 0 Å². The molecule has 0 spiro atoms. The van der Waals surface area contributed by atoms with Crippen LogP contribution >= 0.6 is 0 Å². The van der Waals surface area contributed by atoms with Crippen LogP contribution in [0.4, 0.5) is 0 Å². The van der Waals surface area contributed by atoms with Crippen molar-refractivity contribution in [2.45, 2.75) is 70.1 Å². The molecule has 0 amide bonds. The predicted octanol–water partition coefficient (Wildman–Crippen LogP) is 3.37. The van der Waals surface area contributed by atoms with Gasteiger partial charge in [-0.15, -0.1) is 0 Å². The van der Waals surface area contributed by atoms with Gasteiger partial charge in [0.15, 0.2) is 11.5 Å². The Balaban J connectivity index is 1.29. The molecule has 3 aliphatic rings. The first-order valence-corrected chi connectivity index (χ1v) is 12.9. The summed E-state index contributed by atoms with van der Waals surface area (Å²) in [5.41, 5.74) is 1.25. The minimum atomic E-state index is -0.478. The molecule has 1 aromatic rings. The van der Waals surface area contributed by atoms with Crippen LogP contribution in [0.3, 0.4) is 0 Å². The van der Waals surface area contributed by atoms with Gasteiger partial charge in [-0.3, -0.25) is 9.80 Å². The summed E-state index contributed by atoms with van der Waals surface area (Å²) in [5.74, 6) is 1.48. The second-order valence-electron chi connectivity index (χ2n) is 9.92. The Morgan fingerprint density at radius 2 is 1.66 bits per heavy atom. The SMILES string of the molecule is COc1ccc(CN2CCCN(C3CCCC3)CC2)cc1OCC(O)CN1CCCCC1. The number of aliphatic hydroxyl groups excluding tert-OH is 1. The Hall–Kier alpha value is -1.34. The Bertz CT molecular complexity index is 689. The molecule has 1 aliphatic carbocycles. The van der Waals surface area contributed by atoms with Gasteiger partial charge in [0.05, 0.1) is 7.11 Å². The third-order valence-corrected chi connectivity index (χ3v) is 7.45. The third kappa shape index (κ3) is 6.83. The average molecular weight is 446 g/mol. The molecule has 0 bridgehead atoms. The maximum Gasteiger partial charge on any atom is 0.161 e. The number of hydrogen-bond acceptors (Lipinski definition) is 6. The van der Waals surface area contributed by atoms with Gasteiger partial charge in [0.25, 0.3) is 0 Å². The summed E-state index contributed by atoms with van der Waals surface area (Å²) in [4.78, 5) is 7.66. The van der Waals surface area contributed by atoms with Crippen molar-refractivity contribution < 1.29 is 14.6 Å². The maximum absolute atomic E-state index is 10.5. The topological polar surface area (TPSA) is 48.4 Å². The monoisotopic (exact) mass is 445 g/mol. The molecule has 2 heterocycles. The van der Waals surface area contributed by atoms with Gasteiger partial charge in [-0.25, -0.2) is 0 Å². The summed E-state index contributed by atoms with van der Waals surface area (Å²) in [7, 11) is 1.68. The molecule has 1 atom stereocenters. The fourth-order valence-corrected chi connectivity index (χ4v) is 5.65. The fraction of sp³-hybridized carbons (Fsp3) is 0.769. The molecule has 2 saturated heterocycles. The van der Waals surface area contributed by atoms with E-state index in [0.29, 0.717) is 13.2 Å². The van der Waals surface area contributed by atoms with Crippen molar-refractivity contribution in [2.24, 2.45) is 0 Å². The molecule has 32 heavy (non-hydrogen) atoms.